The zero-order chi connectivity index (χ0) is 11.0. The lowest BCUT2D eigenvalue weighted by atomic mass is 10.6. The molecule has 14 heavy (non-hydrogen) atoms. The van der Waals surface area contributed by atoms with Crippen LogP contribution in [0.4, 0.5) is 0 Å². The van der Waals surface area contributed by atoms with Crippen molar-refractivity contribution in [2.45, 2.75) is 45.7 Å². The number of hydrogen-bond donors (Lipinski definition) is 0. The quantitative estimate of drug-likeness (QED) is 0.482. The van der Waals surface area contributed by atoms with Crippen LogP contribution in [-0.4, -0.2) is 27.6 Å². The lowest BCUT2D eigenvalue weighted by Crippen LogP contribution is -2.47. The van der Waals surface area contributed by atoms with Gasteiger partial charge in [-0.15, -0.1) is 0 Å². The van der Waals surface area contributed by atoms with Crippen molar-refractivity contribution in [2.75, 3.05) is 13.2 Å². The molecule has 0 saturated carbocycles. The molecule has 3 nitrogen and oxygen atoms in total. The van der Waals surface area contributed by atoms with Crippen molar-refractivity contribution < 1.29 is 13.3 Å². The molecule has 86 valence electrons. The van der Waals surface area contributed by atoms with E-state index in [2.05, 4.69) is 6.92 Å². The number of hydrogen-bond acceptors (Lipinski definition) is 3. The first-order chi connectivity index (χ1) is 6.60. The van der Waals surface area contributed by atoms with Gasteiger partial charge < -0.3 is 13.3 Å². The maximum Gasteiger partial charge on any atom is 0.502 e. The van der Waals surface area contributed by atoms with E-state index in [-0.39, 0.29) is 5.56 Å². The van der Waals surface area contributed by atoms with Crippen molar-refractivity contribution in [1.82, 2.24) is 0 Å². The molecule has 0 aromatic rings. The van der Waals surface area contributed by atoms with Crippen LogP contribution in [0.15, 0.2) is 0 Å². The minimum atomic E-state index is -2.49. The molecule has 0 aliphatic carbocycles. The Balaban J connectivity index is 4.37. The molecule has 0 aliphatic rings. The molecule has 0 aliphatic heterocycles. The lowest BCUT2D eigenvalue weighted by Gasteiger charge is -2.29. The Bertz CT molecular complexity index is 127. The van der Waals surface area contributed by atoms with Crippen LogP contribution in [0, 0.1) is 0 Å². The third kappa shape index (κ3) is 5.31. The van der Waals surface area contributed by atoms with Crippen LogP contribution in [0.3, 0.4) is 0 Å². The largest absolute Gasteiger partial charge is 0.502 e. The average Bonchev–Trinajstić information content (AvgIpc) is 2.03. The smallest absolute Gasteiger partial charge is 0.374 e. The topological polar surface area (TPSA) is 27.7 Å². The number of alkyl halides is 1. The second kappa shape index (κ2) is 7.65. The molecular formula is C9H21ClO3Si. The number of rotatable bonds is 8. The highest BCUT2D eigenvalue weighted by Crippen LogP contribution is 2.20. The molecule has 0 spiro atoms. The molecule has 0 saturated heterocycles. The van der Waals surface area contributed by atoms with Crippen molar-refractivity contribution in [1.29, 1.82) is 0 Å². The first-order valence-corrected chi connectivity index (χ1v) is 7.56. The minimum absolute atomic E-state index is 0.355. The summed E-state index contributed by atoms with van der Waals surface area (Å²) < 4.78 is 16.9. The molecular weight excluding hydrogens is 220 g/mol. The van der Waals surface area contributed by atoms with Gasteiger partial charge in [0, 0.05) is 19.3 Å². The predicted molar refractivity (Wildman–Crippen MR) is 60.5 cm³/mol. The van der Waals surface area contributed by atoms with Crippen LogP contribution in [-0.2, 0) is 13.3 Å². The molecule has 1 atom stereocenters. The van der Waals surface area contributed by atoms with Gasteiger partial charge in [0.15, 0.2) is 0 Å². The normalized spacial score (nSPS) is 14.4. The Hall–Kier alpha value is 0.387. The summed E-state index contributed by atoms with van der Waals surface area (Å²) in [6.07, 6.45) is 0.982. The summed E-state index contributed by atoms with van der Waals surface area (Å²) in [6.45, 7) is 8.97. The first-order valence-electron chi connectivity index (χ1n) is 5.20. The number of halogens is 1. The summed E-state index contributed by atoms with van der Waals surface area (Å²) in [5.74, 6) is 0. The third-order valence-electron chi connectivity index (χ3n) is 1.63. The summed E-state index contributed by atoms with van der Waals surface area (Å²) >= 11 is 5.82. The fraction of sp³-hybridized carbons (Fsp3) is 1.00. The van der Waals surface area contributed by atoms with Gasteiger partial charge in [-0.25, -0.2) is 0 Å². The first kappa shape index (κ1) is 14.4. The Morgan fingerprint density at radius 3 is 1.93 bits per heavy atom. The van der Waals surface area contributed by atoms with E-state index in [0.717, 1.165) is 12.5 Å². The van der Waals surface area contributed by atoms with E-state index in [1.165, 1.54) is 0 Å². The molecule has 0 bridgehead atoms. The van der Waals surface area contributed by atoms with Gasteiger partial charge in [0.2, 0.25) is 0 Å². The molecule has 5 heteroatoms. The molecule has 0 aromatic carbocycles. The fourth-order valence-corrected chi connectivity index (χ4v) is 4.33. The van der Waals surface area contributed by atoms with Gasteiger partial charge in [-0.3, -0.25) is 0 Å². The van der Waals surface area contributed by atoms with E-state index in [0.29, 0.717) is 13.2 Å². The summed E-state index contributed by atoms with van der Waals surface area (Å²) in [4.78, 5) is 0. The average molecular weight is 241 g/mol. The molecule has 0 aromatic heterocycles. The van der Waals surface area contributed by atoms with Crippen LogP contribution in [0.5, 0.6) is 0 Å². The van der Waals surface area contributed by atoms with Crippen LogP contribution in [0.1, 0.15) is 34.1 Å². The highest BCUT2D eigenvalue weighted by atomic mass is 35.5. The maximum atomic E-state index is 5.82. The zero-order valence-corrected chi connectivity index (χ0v) is 11.3. The van der Waals surface area contributed by atoms with Gasteiger partial charge in [-0.1, -0.05) is 24.9 Å². The van der Waals surface area contributed by atoms with E-state index < -0.39 is 8.80 Å². The highest BCUT2D eigenvalue weighted by molar-refractivity contribution is 6.61. The third-order valence-corrected chi connectivity index (χ3v) is 5.15. The second-order valence-electron chi connectivity index (χ2n) is 2.96. The molecule has 0 rings (SSSR count). The Kier molecular flexibility index (Phi) is 7.86. The van der Waals surface area contributed by atoms with E-state index >= 15 is 0 Å². The standard InChI is InChI=1S/C9H21ClO3Si/c1-5-8-14(11-6-2,12-7-3)13-9(4)10/h9H,5-8H2,1-4H3. The minimum Gasteiger partial charge on any atom is -0.374 e. The van der Waals surface area contributed by atoms with E-state index in [1.807, 2.05) is 13.8 Å². The predicted octanol–water partition coefficient (Wildman–Crippen LogP) is 3.01. The molecule has 0 amide bonds. The molecule has 0 fully saturated rings. The monoisotopic (exact) mass is 240 g/mol. The summed E-state index contributed by atoms with van der Waals surface area (Å²) in [6, 6.07) is 0.825. The van der Waals surface area contributed by atoms with Crippen molar-refractivity contribution in [3.63, 3.8) is 0 Å². The van der Waals surface area contributed by atoms with Gasteiger partial charge in [0.25, 0.3) is 0 Å². The maximum absolute atomic E-state index is 5.82. The Morgan fingerprint density at radius 1 is 1.14 bits per heavy atom. The fourth-order valence-electron chi connectivity index (χ4n) is 1.31. The van der Waals surface area contributed by atoms with Crippen LogP contribution >= 0.6 is 11.6 Å². The summed E-state index contributed by atoms with van der Waals surface area (Å²) in [5, 5.41) is 0. The van der Waals surface area contributed by atoms with Crippen LogP contribution < -0.4 is 0 Å². The van der Waals surface area contributed by atoms with Gasteiger partial charge in [0.05, 0.1) is 0 Å². The lowest BCUT2D eigenvalue weighted by molar-refractivity contribution is 0.0608. The Morgan fingerprint density at radius 2 is 1.64 bits per heavy atom. The van der Waals surface area contributed by atoms with E-state index in [4.69, 9.17) is 24.9 Å². The van der Waals surface area contributed by atoms with Crippen molar-refractivity contribution in [3.05, 3.63) is 0 Å². The second-order valence-corrected chi connectivity index (χ2v) is 6.25. The van der Waals surface area contributed by atoms with Gasteiger partial charge in [0.1, 0.15) is 5.56 Å². The Labute approximate surface area is 93.1 Å². The van der Waals surface area contributed by atoms with Gasteiger partial charge >= 0.3 is 8.80 Å². The van der Waals surface area contributed by atoms with Crippen molar-refractivity contribution >= 4 is 20.4 Å². The molecule has 1 unspecified atom stereocenters. The summed E-state index contributed by atoms with van der Waals surface area (Å²) in [7, 11) is -2.49. The van der Waals surface area contributed by atoms with Crippen molar-refractivity contribution in [3.8, 4) is 0 Å². The summed E-state index contributed by atoms with van der Waals surface area (Å²) in [5.41, 5.74) is -0.355. The van der Waals surface area contributed by atoms with Gasteiger partial charge in [-0.05, 0) is 20.8 Å². The molecule has 0 radical (unpaired) electrons. The van der Waals surface area contributed by atoms with Crippen LogP contribution in [0.2, 0.25) is 6.04 Å². The van der Waals surface area contributed by atoms with E-state index in [9.17, 15) is 0 Å². The van der Waals surface area contributed by atoms with Crippen molar-refractivity contribution in [2.24, 2.45) is 0 Å². The van der Waals surface area contributed by atoms with Crippen LogP contribution in [0.25, 0.3) is 0 Å². The highest BCUT2D eigenvalue weighted by Gasteiger charge is 2.40. The van der Waals surface area contributed by atoms with Gasteiger partial charge in [-0.2, -0.15) is 0 Å². The SMILES string of the molecule is CCC[Si](OCC)(OCC)OC(C)Cl. The zero-order valence-electron chi connectivity index (χ0n) is 9.51. The van der Waals surface area contributed by atoms with E-state index in [1.54, 1.807) is 6.92 Å². The molecule has 0 N–H and O–H groups in total. The molecule has 0 heterocycles.